The molecule has 0 aliphatic carbocycles. The number of aromatic nitrogens is 2. The number of pyridine rings is 1. The van der Waals surface area contributed by atoms with E-state index in [2.05, 4.69) is 0 Å². The van der Waals surface area contributed by atoms with Crippen molar-refractivity contribution in [1.29, 1.82) is 0 Å². The summed E-state index contributed by atoms with van der Waals surface area (Å²) in [6.07, 6.45) is 3.89. The van der Waals surface area contributed by atoms with Crippen LogP contribution in [0.15, 0.2) is 60.8 Å². The molecule has 2 aromatic carbocycles. The van der Waals surface area contributed by atoms with Gasteiger partial charge in [-0.05, 0) is 43.2 Å². The molecule has 0 atom stereocenters. The number of amides is 1. The molecule has 0 spiro atoms. The van der Waals surface area contributed by atoms with Gasteiger partial charge in [-0.1, -0.05) is 59.1 Å². The molecule has 1 aliphatic rings. The Balaban J connectivity index is 1.75. The summed E-state index contributed by atoms with van der Waals surface area (Å²) >= 11 is 18.8. The van der Waals surface area contributed by atoms with Crippen LogP contribution in [0.25, 0.3) is 28.2 Å². The summed E-state index contributed by atoms with van der Waals surface area (Å²) < 4.78 is 1.90. The summed E-state index contributed by atoms with van der Waals surface area (Å²) in [6.45, 7) is 1.55. The van der Waals surface area contributed by atoms with Gasteiger partial charge >= 0.3 is 0 Å². The third-order valence-electron chi connectivity index (χ3n) is 5.55. The minimum atomic E-state index is -0.00917. The van der Waals surface area contributed by atoms with Crippen molar-refractivity contribution in [3.63, 3.8) is 0 Å². The molecule has 156 valence electrons. The maximum Gasteiger partial charge on any atom is 0.255 e. The first-order valence-corrected chi connectivity index (χ1v) is 11.2. The summed E-state index contributed by atoms with van der Waals surface area (Å²) in [5.74, 6) is -0.00917. The third kappa shape index (κ3) is 3.80. The van der Waals surface area contributed by atoms with Crippen LogP contribution >= 0.6 is 34.8 Å². The fourth-order valence-corrected chi connectivity index (χ4v) is 4.52. The molecule has 0 saturated carbocycles. The molecule has 1 saturated heterocycles. The second-order valence-electron chi connectivity index (χ2n) is 7.59. The number of carbonyl (C=O) groups is 1. The van der Waals surface area contributed by atoms with Crippen LogP contribution in [0.5, 0.6) is 0 Å². The van der Waals surface area contributed by atoms with E-state index in [1.807, 2.05) is 64.0 Å². The first-order chi connectivity index (χ1) is 15.0. The molecule has 31 heavy (non-hydrogen) atoms. The lowest BCUT2D eigenvalue weighted by Crippen LogP contribution is -2.27. The van der Waals surface area contributed by atoms with E-state index < -0.39 is 0 Å². The Hall–Kier alpha value is -2.53. The zero-order chi connectivity index (χ0) is 21.5. The van der Waals surface area contributed by atoms with Gasteiger partial charge < -0.3 is 4.90 Å². The fraction of sp³-hybridized carbons (Fsp3) is 0.167. The zero-order valence-corrected chi connectivity index (χ0v) is 18.8. The number of imidazole rings is 1. The molecule has 7 heteroatoms. The standard InChI is InChI=1S/C24H18Cl3N3O/c25-18-7-3-15(4-8-18)21-22(16-5-9-19(26)10-6-16)30-14-17(13-20(27)23(30)28-21)24(31)29-11-1-2-12-29/h3-10,13-14H,1-2,11-12H2. The molecular formula is C24H18Cl3N3O. The lowest BCUT2D eigenvalue weighted by molar-refractivity contribution is 0.0792. The van der Waals surface area contributed by atoms with Crippen LogP contribution < -0.4 is 0 Å². The van der Waals surface area contributed by atoms with Gasteiger partial charge in [0.1, 0.15) is 0 Å². The van der Waals surface area contributed by atoms with Crippen molar-refractivity contribution in [1.82, 2.24) is 14.3 Å². The summed E-state index contributed by atoms with van der Waals surface area (Å²) in [5, 5.41) is 1.73. The van der Waals surface area contributed by atoms with E-state index in [0.717, 1.165) is 48.4 Å². The summed E-state index contributed by atoms with van der Waals surface area (Å²) in [4.78, 5) is 19.8. The summed E-state index contributed by atoms with van der Waals surface area (Å²) in [5.41, 5.74) is 4.56. The van der Waals surface area contributed by atoms with Crippen LogP contribution in [0.3, 0.4) is 0 Å². The molecule has 1 amide bonds. The highest BCUT2D eigenvalue weighted by Crippen LogP contribution is 2.36. The molecule has 4 aromatic rings. The number of benzene rings is 2. The number of likely N-dealkylation sites (tertiary alicyclic amines) is 1. The lowest BCUT2D eigenvalue weighted by Gasteiger charge is -2.16. The molecule has 1 aliphatic heterocycles. The SMILES string of the molecule is O=C(c1cc(Cl)c2nc(-c3ccc(Cl)cc3)c(-c3ccc(Cl)cc3)n2c1)N1CCCC1. The highest BCUT2D eigenvalue weighted by molar-refractivity contribution is 6.34. The predicted octanol–water partition coefficient (Wildman–Crippen LogP) is 6.86. The van der Waals surface area contributed by atoms with Crippen molar-refractivity contribution in [2.75, 3.05) is 13.1 Å². The van der Waals surface area contributed by atoms with Crippen molar-refractivity contribution in [3.8, 4) is 22.5 Å². The highest BCUT2D eigenvalue weighted by Gasteiger charge is 2.23. The van der Waals surface area contributed by atoms with Gasteiger partial charge in [-0.25, -0.2) is 4.98 Å². The first-order valence-electron chi connectivity index (χ1n) is 10.0. The Bertz CT molecular complexity index is 1270. The summed E-state index contributed by atoms with van der Waals surface area (Å²) in [6, 6.07) is 16.8. The van der Waals surface area contributed by atoms with Crippen molar-refractivity contribution in [2.45, 2.75) is 12.8 Å². The van der Waals surface area contributed by atoms with Gasteiger partial charge in [-0.2, -0.15) is 0 Å². The smallest absolute Gasteiger partial charge is 0.255 e. The molecule has 1 fully saturated rings. The Morgan fingerprint density at radius 3 is 2.03 bits per heavy atom. The molecule has 0 bridgehead atoms. The van der Waals surface area contributed by atoms with Gasteiger partial charge in [-0.15, -0.1) is 0 Å². The molecule has 0 unspecified atom stereocenters. The molecule has 3 heterocycles. The topological polar surface area (TPSA) is 37.6 Å². The van der Waals surface area contributed by atoms with Gasteiger partial charge in [0, 0.05) is 40.5 Å². The highest BCUT2D eigenvalue weighted by atomic mass is 35.5. The molecule has 5 rings (SSSR count). The number of rotatable bonds is 3. The van der Waals surface area contributed by atoms with Gasteiger partial charge in [0.25, 0.3) is 5.91 Å². The molecular weight excluding hydrogens is 453 g/mol. The minimum absolute atomic E-state index is 0.00917. The normalized spacial score (nSPS) is 13.8. The van der Waals surface area contributed by atoms with Crippen LogP contribution in [0, 0.1) is 0 Å². The quantitative estimate of drug-likeness (QED) is 0.328. The van der Waals surface area contributed by atoms with E-state index in [9.17, 15) is 4.79 Å². The van der Waals surface area contributed by atoms with Crippen LogP contribution in [0.2, 0.25) is 15.1 Å². The number of nitrogens with zero attached hydrogens (tertiary/aromatic N) is 3. The Labute approximate surface area is 195 Å². The molecule has 2 aromatic heterocycles. The average Bonchev–Trinajstić information content (AvgIpc) is 3.43. The number of carbonyl (C=O) groups excluding carboxylic acids is 1. The first kappa shape index (κ1) is 20.4. The van der Waals surface area contributed by atoms with Crippen LogP contribution in [-0.4, -0.2) is 33.3 Å². The summed E-state index contributed by atoms with van der Waals surface area (Å²) in [7, 11) is 0. The van der Waals surface area contributed by atoms with Crippen molar-refractivity contribution >= 4 is 46.4 Å². The van der Waals surface area contributed by atoms with Crippen LogP contribution in [-0.2, 0) is 0 Å². The minimum Gasteiger partial charge on any atom is -0.339 e. The molecule has 4 nitrogen and oxygen atoms in total. The second-order valence-corrected chi connectivity index (χ2v) is 8.87. The lowest BCUT2D eigenvalue weighted by atomic mass is 10.0. The Morgan fingerprint density at radius 1 is 0.839 bits per heavy atom. The number of halogens is 3. The van der Waals surface area contributed by atoms with E-state index in [0.29, 0.717) is 26.3 Å². The van der Waals surface area contributed by atoms with E-state index in [-0.39, 0.29) is 5.91 Å². The number of hydrogen-bond acceptors (Lipinski definition) is 2. The monoisotopic (exact) mass is 469 g/mol. The van der Waals surface area contributed by atoms with E-state index in [4.69, 9.17) is 39.8 Å². The van der Waals surface area contributed by atoms with Gasteiger partial charge in [-0.3, -0.25) is 9.20 Å². The predicted molar refractivity (Wildman–Crippen MR) is 126 cm³/mol. The van der Waals surface area contributed by atoms with Crippen LogP contribution in [0.4, 0.5) is 0 Å². The zero-order valence-electron chi connectivity index (χ0n) is 16.5. The van der Waals surface area contributed by atoms with Crippen molar-refractivity contribution < 1.29 is 4.79 Å². The van der Waals surface area contributed by atoms with Gasteiger partial charge in [0.15, 0.2) is 5.65 Å². The fourth-order valence-electron chi connectivity index (χ4n) is 4.02. The van der Waals surface area contributed by atoms with E-state index in [1.165, 1.54) is 0 Å². The number of fused-ring (bicyclic) bond motifs is 1. The molecule has 0 radical (unpaired) electrons. The van der Waals surface area contributed by atoms with E-state index in [1.54, 1.807) is 6.07 Å². The second kappa shape index (κ2) is 8.19. The average molecular weight is 471 g/mol. The molecule has 0 N–H and O–H groups in total. The number of hydrogen-bond donors (Lipinski definition) is 0. The van der Waals surface area contributed by atoms with Gasteiger partial charge in [0.2, 0.25) is 0 Å². The third-order valence-corrected chi connectivity index (χ3v) is 6.33. The van der Waals surface area contributed by atoms with Gasteiger partial charge in [0.05, 0.1) is 22.0 Å². The van der Waals surface area contributed by atoms with E-state index >= 15 is 0 Å². The van der Waals surface area contributed by atoms with Crippen LogP contribution in [0.1, 0.15) is 23.2 Å². The Kier molecular flexibility index (Phi) is 5.39. The Morgan fingerprint density at radius 2 is 1.42 bits per heavy atom. The van der Waals surface area contributed by atoms with Crippen molar-refractivity contribution in [3.05, 3.63) is 81.4 Å². The largest absolute Gasteiger partial charge is 0.339 e. The maximum absolute atomic E-state index is 13.1. The maximum atomic E-state index is 13.1. The van der Waals surface area contributed by atoms with Crippen molar-refractivity contribution in [2.24, 2.45) is 0 Å².